The molecule has 74 valence electrons. The van der Waals surface area contributed by atoms with Crippen LogP contribution in [0.1, 0.15) is 0 Å². The molecule has 0 unspecified atom stereocenters. The third-order valence-corrected chi connectivity index (χ3v) is 2.18. The molecule has 1 aromatic carbocycles. The number of rotatable bonds is 3. The molecule has 14 heavy (non-hydrogen) atoms. The van der Waals surface area contributed by atoms with Gasteiger partial charge in [0.25, 0.3) is 0 Å². The zero-order valence-corrected chi connectivity index (χ0v) is 8.51. The van der Waals surface area contributed by atoms with Crippen LogP contribution >= 0.6 is 0 Å². The highest BCUT2D eigenvalue weighted by Crippen LogP contribution is 2.08. The second-order valence-electron chi connectivity index (χ2n) is 3.60. The summed E-state index contributed by atoms with van der Waals surface area (Å²) in [5, 5.41) is 8.20. The van der Waals surface area contributed by atoms with E-state index >= 15 is 0 Å². The van der Waals surface area contributed by atoms with Gasteiger partial charge in [0, 0.05) is 6.54 Å². The van der Waals surface area contributed by atoms with Gasteiger partial charge in [-0.2, -0.15) is 0 Å². The molecule has 2 rings (SSSR count). The average Bonchev–Trinajstić information content (AvgIpc) is 2.58. The molecule has 0 fully saturated rings. The molecule has 0 aliphatic carbocycles. The zero-order chi connectivity index (χ0) is 9.97. The van der Waals surface area contributed by atoms with Crippen molar-refractivity contribution in [3.63, 3.8) is 0 Å². The van der Waals surface area contributed by atoms with Crippen LogP contribution in [0.2, 0.25) is 0 Å². The maximum atomic E-state index is 4.11. The fourth-order valence-corrected chi connectivity index (χ4v) is 1.38. The fraction of sp³-hybridized carbons (Fsp3) is 0.400. The largest absolute Gasteiger partial charge is 0.308 e. The van der Waals surface area contributed by atoms with Crippen molar-refractivity contribution in [1.29, 1.82) is 0 Å². The Bertz CT molecular complexity index is 419. The fourth-order valence-electron chi connectivity index (χ4n) is 1.38. The minimum atomic E-state index is 0.882. The van der Waals surface area contributed by atoms with Crippen molar-refractivity contribution in [1.82, 2.24) is 19.9 Å². The van der Waals surface area contributed by atoms with E-state index in [1.807, 2.05) is 28.9 Å². The number of likely N-dealkylation sites (N-methyl/N-ethyl adjacent to an activating group) is 1. The summed E-state index contributed by atoms with van der Waals surface area (Å²) in [5.41, 5.74) is 2.07. The Morgan fingerprint density at radius 1 is 1.29 bits per heavy atom. The van der Waals surface area contributed by atoms with Gasteiger partial charge in [-0.15, -0.1) is 5.10 Å². The topological polar surface area (TPSA) is 34.0 Å². The summed E-state index contributed by atoms with van der Waals surface area (Å²) in [6.45, 7) is 1.86. The van der Waals surface area contributed by atoms with Crippen LogP contribution in [-0.4, -0.2) is 40.5 Å². The third-order valence-electron chi connectivity index (χ3n) is 2.18. The lowest BCUT2D eigenvalue weighted by molar-refractivity contribution is 0.374. The van der Waals surface area contributed by atoms with Crippen LogP contribution in [0.25, 0.3) is 11.0 Å². The Hall–Kier alpha value is -1.42. The molecule has 0 radical (unpaired) electrons. The molecule has 0 amide bonds. The molecule has 4 heteroatoms. The molecular weight excluding hydrogens is 176 g/mol. The van der Waals surface area contributed by atoms with E-state index in [4.69, 9.17) is 0 Å². The normalized spacial score (nSPS) is 11.4. The molecule has 0 atom stereocenters. The summed E-state index contributed by atoms with van der Waals surface area (Å²) in [7, 11) is 4.11. The number of para-hydroxylation sites is 1. The van der Waals surface area contributed by atoms with E-state index in [2.05, 4.69) is 29.3 Å². The molecule has 0 N–H and O–H groups in total. The van der Waals surface area contributed by atoms with E-state index in [9.17, 15) is 0 Å². The van der Waals surface area contributed by atoms with E-state index in [1.165, 1.54) is 0 Å². The molecule has 2 aromatic rings. The lowest BCUT2D eigenvalue weighted by Crippen LogP contribution is -2.18. The summed E-state index contributed by atoms with van der Waals surface area (Å²) in [5.74, 6) is 0. The van der Waals surface area contributed by atoms with Crippen molar-refractivity contribution in [3.8, 4) is 0 Å². The van der Waals surface area contributed by atoms with Crippen molar-refractivity contribution >= 4 is 11.0 Å². The monoisotopic (exact) mass is 190 g/mol. The molecule has 0 bridgehead atoms. The van der Waals surface area contributed by atoms with Gasteiger partial charge >= 0.3 is 0 Å². The van der Waals surface area contributed by atoms with Gasteiger partial charge in [-0.3, -0.25) is 0 Å². The molecule has 0 aliphatic heterocycles. The van der Waals surface area contributed by atoms with Gasteiger partial charge in [0.05, 0.1) is 12.1 Å². The highest BCUT2D eigenvalue weighted by Gasteiger charge is 2.02. The first-order valence-corrected chi connectivity index (χ1v) is 4.70. The standard InChI is InChI=1S/C10H14N4/c1-13(2)7-8-14-10-6-4-3-5-9(10)11-12-14/h3-6H,7-8H2,1-2H3. The minimum absolute atomic E-state index is 0.882. The van der Waals surface area contributed by atoms with Gasteiger partial charge in [-0.25, -0.2) is 4.68 Å². The van der Waals surface area contributed by atoms with E-state index < -0.39 is 0 Å². The Morgan fingerprint density at radius 3 is 2.86 bits per heavy atom. The Balaban J connectivity index is 2.25. The van der Waals surface area contributed by atoms with Crippen molar-refractivity contribution in [2.75, 3.05) is 20.6 Å². The summed E-state index contributed by atoms with van der Waals surface area (Å²) >= 11 is 0. The maximum absolute atomic E-state index is 4.11. The van der Waals surface area contributed by atoms with Gasteiger partial charge in [0.15, 0.2) is 0 Å². The van der Waals surface area contributed by atoms with Crippen molar-refractivity contribution in [2.45, 2.75) is 6.54 Å². The van der Waals surface area contributed by atoms with Crippen LogP contribution < -0.4 is 0 Å². The number of aromatic nitrogens is 3. The van der Waals surface area contributed by atoms with Crippen LogP contribution in [0.3, 0.4) is 0 Å². The lowest BCUT2D eigenvalue weighted by atomic mass is 10.3. The number of hydrogen-bond donors (Lipinski definition) is 0. The SMILES string of the molecule is CN(C)CCn1nnc2ccccc21. The highest BCUT2D eigenvalue weighted by molar-refractivity contribution is 5.73. The van der Waals surface area contributed by atoms with E-state index in [1.54, 1.807) is 0 Å². The van der Waals surface area contributed by atoms with E-state index in [0.29, 0.717) is 0 Å². The summed E-state index contributed by atoms with van der Waals surface area (Å²) in [6.07, 6.45) is 0. The van der Waals surface area contributed by atoms with Gasteiger partial charge < -0.3 is 4.90 Å². The van der Waals surface area contributed by atoms with Gasteiger partial charge in [-0.1, -0.05) is 17.3 Å². The van der Waals surface area contributed by atoms with Crippen LogP contribution in [0, 0.1) is 0 Å². The second kappa shape index (κ2) is 3.75. The lowest BCUT2D eigenvalue weighted by Gasteiger charge is -2.08. The molecule has 0 spiro atoms. The van der Waals surface area contributed by atoms with Crippen molar-refractivity contribution in [2.24, 2.45) is 0 Å². The molecule has 0 saturated carbocycles. The number of benzene rings is 1. The predicted octanol–water partition coefficient (Wildman–Crippen LogP) is 0.993. The minimum Gasteiger partial charge on any atom is -0.308 e. The maximum Gasteiger partial charge on any atom is 0.113 e. The molecular formula is C10H14N4. The van der Waals surface area contributed by atoms with Crippen LogP contribution in [0.5, 0.6) is 0 Å². The van der Waals surface area contributed by atoms with Crippen LogP contribution in [-0.2, 0) is 6.54 Å². The Morgan fingerprint density at radius 2 is 2.07 bits per heavy atom. The first-order valence-electron chi connectivity index (χ1n) is 4.70. The molecule has 0 saturated heterocycles. The molecule has 1 aromatic heterocycles. The summed E-state index contributed by atoms with van der Waals surface area (Å²) in [6, 6.07) is 8.02. The zero-order valence-electron chi connectivity index (χ0n) is 8.51. The van der Waals surface area contributed by atoms with Crippen molar-refractivity contribution in [3.05, 3.63) is 24.3 Å². The van der Waals surface area contributed by atoms with Gasteiger partial charge in [0.1, 0.15) is 5.52 Å². The average molecular weight is 190 g/mol. The van der Waals surface area contributed by atoms with E-state index in [-0.39, 0.29) is 0 Å². The van der Waals surface area contributed by atoms with Crippen LogP contribution in [0.15, 0.2) is 24.3 Å². The quantitative estimate of drug-likeness (QED) is 0.724. The molecule has 0 aliphatic rings. The summed E-state index contributed by atoms with van der Waals surface area (Å²) < 4.78 is 1.94. The van der Waals surface area contributed by atoms with Crippen molar-refractivity contribution < 1.29 is 0 Å². The Labute approximate surface area is 83.1 Å². The number of nitrogens with zero attached hydrogens (tertiary/aromatic N) is 4. The third kappa shape index (κ3) is 1.75. The smallest absolute Gasteiger partial charge is 0.113 e. The van der Waals surface area contributed by atoms with E-state index in [0.717, 1.165) is 24.1 Å². The number of hydrogen-bond acceptors (Lipinski definition) is 3. The second-order valence-corrected chi connectivity index (χ2v) is 3.60. The Kier molecular flexibility index (Phi) is 2.45. The van der Waals surface area contributed by atoms with Crippen LogP contribution in [0.4, 0.5) is 0 Å². The summed E-state index contributed by atoms with van der Waals surface area (Å²) in [4.78, 5) is 2.14. The number of fused-ring (bicyclic) bond motifs is 1. The predicted molar refractivity (Wildman–Crippen MR) is 56.1 cm³/mol. The first-order chi connectivity index (χ1) is 6.77. The molecule has 1 heterocycles. The highest BCUT2D eigenvalue weighted by atomic mass is 15.4. The van der Waals surface area contributed by atoms with Gasteiger partial charge in [-0.05, 0) is 26.2 Å². The van der Waals surface area contributed by atoms with Gasteiger partial charge in [0.2, 0.25) is 0 Å². The first kappa shape index (κ1) is 9.15. The molecule has 4 nitrogen and oxygen atoms in total.